The molecule has 4 nitrogen and oxygen atoms in total. The summed E-state index contributed by atoms with van der Waals surface area (Å²) in [6, 6.07) is 21.8. The molecule has 0 saturated carbocycles. The zero-order valence-corrected chi connectivity index (χ0v) is 17.1. The average Bonchev–Trinajstić information content (AvgIpc) is 2.97. The molecule has 1 aliphatic heterocycles. The smallest absolute Gasteiger partial charge is 0.170 e. The first-order valence-electron chi connectivity index (χ1n) is 10.3. The quantitative estimate of drug-likeness (QED) is 0.564. The van der Waals surface area contributed by atoms with Crippen LogP contribution in [0, 0.1) is 5.92 Å². The van der Waals surface area contributed by atoms with E-state index in [1.165, 1.54) is 5.56 Å². The summed E-state index contributed by atoms with van der Waals surface area (Å²) in [5.74, 6) is 2.32. The molecule has 30 heavy (non-hydrogen) atoms. The predicted octanol–water partition coefficient (Wildman–Crippen LogP) is 5.21. The predicted molar refractivity (Wildman–Crippen MR) is 115 cm³/mol. The third-order valence-corrected chi connectivity index (χ3v) is 6.40. The number of carbonyl (C=O) groups is 1. The van der Waals surface area contributed by atoms with E-state index >= 15 is 0 Å². The number of methoxy groups -OCH3 is 2. The maximum Gasteiger partial charge on any atom is 0.170 e. The lowest BCUT2D eigenvalue weighted by atomic mass is 9.66. The van der Waals surface area contributed by atoms with E-state index in [9.17, 15) is 4.79 Å². The number of hydrogen-bond acceptors (Lipinski definition) is 4. The molecule has 3 aromatic carbocycles. The zero-order valence-electron chi connectivity index (χ0n) is 17.1. The van der Waals surface area contributed by atoms with Gasteiger partial charge in [0.15, 0.2) is 17.3 Å². The highest BCUT2D eigenvalue weighted by atomic mass is 16.5. The van der Waals surface area contributed by atoms with Gasteiger partial charge in [0.25, 0.3) is 0 Å². The lowest BCUT2D eigenvalue weighted by molar-refractivity contribution is 0.0891. The number of para-hydroxylation sites is 1. The van der Waals surface area contributed by atoms with Crippen molar-refractivity contribution in [1.29, 1.82) is 0 Å². The summed E-state index contributed by atoms with van der Waals surface area (Å²) in [5.41, 5.74) is 4.03. The summed E-state index contributed by atoms with van der Waals surface area (Å²) in [6.07, 6.45) is 0.864. The Bertz CT molecular complexity index is 1090. The molecule has 2 aliphatic rings. The van der Waals surface area contributed by atoms with Crippen LogP contribution < -0.4 is 14.2 Å². The van der Waals surface area contributed by atoms with Crippen LogP contribution in [0.1, 0.15) is 45.3 Å². The topological polar surface area (TPSA) is 44.8 Å². The van der Waals surface area contributed by atoms with E-state index in [1.54, 1.807) is 14.2 Å². The number of carbonyl (C=O) groups excluding carboxylic acids is 1. The molecular formula is C26H24O4. The van der Waals surface area contributed by atoms with Gasteiger partial charge in [-0.3, -0.25) is 4.79 Å². The molecule has 1 heterocycles. The molecule has 5 rings (SSSR count). The van der Waals surface area contributed by atoms with Gasteiger partial charge >= 0.3 is 0 Å². The van der Waals surface area contributed by atoms with Crippen molar-refractivity contribution in [1.82, 2.24) is 0 Å². The van der Waals surface area contributed by atoms with Crippen molar-refractivity contribution in [3.05, 3.63) is 89.0 Å². The van der Waals surface area contributed by atoms with Crippen LogP contribution in [0.25, 0.3) is 0 Å². The van der Waals surface area contributed by atoms with Crippen molar-refractivity contribution in [3.63, 3.8) is 0 Å². The Morgan fingerprint density at radius 1 is 0.867 bits per heavy atom. The highest BCUT2D eigenvalue weighted by molar-refractivity contribution is 6.01. The summed E-state index contributed by atoms with van der Waals surface area (Å²) >= 11 is 0. The second kappa shape index (κ2) is 7.52. The molecule has 0 fully saturated rings. The van der Waals surface area contributed by atoms with Crippen molar-refractivity contribution in [2.24, 2.45) is 5.92 Å². The number of fused-ring (bicyclic) bond motifs is 6. The van der Waals surface area contributed by atoms with Gasteiger partial charge in [0.05, 0.1) is 26.7 Å². The Kier molecular flexibility index (Phi) is 4.70. The highest BCUT2D eigenvalue weighted by Crippen LogP contribution is 2.52. The second-order valence-electron chi connectivity index (χ2n) is 7.94. The van der Waals surface area contributed by atoms with Crippen LogP contribution in [0.3, 0.4) is 0 Å². The van der Waals surface area contributed by atoms with Gasteiger partial charge in [0.1, 0.15) is 5.75 Å². The van der Waals surface area contributed by atoms with E-state index < -0.39 is 0 Å². The van der Waals surface area contributed by atoms with E-state index in [1.807, 2.05) is 60.7 Å². The van der Waals surface area contributed by atoms with Crippen LogP contribution in [0.2, 0.25) is 0 Å². The molecule has 2 bridgehead atoms. The van der Waals surface area contributed by atoms with Crippen molar-refractivity contribution in [2.45, 2.75) is 18.3 Å². The van der Waals surface area contributed by atoms with Crippen molar-refractivity contribution < 1.29 is 19.0 Å². The number of ether oxygens (including phenoxy) is 3. The van der Waals surface area contributed by atoms with Crippen LogP contribution in [-0.4, -0.2) is 26.6 Å². The normalized spacial score (nSPS) is 21.5. The third-order valence-electron chi connectivity index (χ3n) is 6.40. The summed E-state index contributed by atoms with van der Waals surface area (Å²) in [6.45, 7) is 0.518. The van der Waals surface area contributed by atoms with Gasteiger partial charge in [0.2, 0.25) is 0 Å². The standard InChI is InChI=1S/C26H24O4/c1-28-23-13-20-19-12-17(15-30-22-11-7-6-10-18(19)22)25(21(20)14-24(23)29-2)26(27)16-8-4-3-5-9-16/h3-11,13-14,17,19,25H,12,15H2,1-2H3/t17-,19+,25-/m0/s1. The van der Waals surface area contributed by atoms with E-state index in [0.29, 0.717) is 18.1 Å². The molecule has 0 spiro atoms. The number of benzene rings is 3. The Balaban J connectivity index is 1.72. The zero-order chi connectivity index (χ0) is 20.7. The van der Waals surface area contributed by atoms with Gasteiger partial charge in [0, 0.05) is 23.0 Å². The minimum Gasteiger partial charge on any atom is -0.493 e. The molecule has 4 heteroatoms. The largest absolute Gasteiger partial charge is 0.493 e. The van der Waals surface area contributed by atoms with E-state index in [4.69, 9.17) is 14.2 Å². The fraction of sp³-hybridized carbons (Fsp3) is 0.269. The fourth-order valence-electron chi connectivity index (χ4n) is 4.99. The van der Waals surface area contributed by atoms with Gasteiger partial charge in [-0.05, 0) is 35.7 Å². The number of ketones is 1. The molecule has 0 unspecified atom stereocenters. The van der Waals surface area contributed by atoms with Crippen LogP contribution in [-0.2, 0) is 0 Å². The van der Waals surface area contributed by atoms with E-state index in [2.05, 4.69) is 6.07 Å². The minimum absolute atomic E-state index is 0.0840. The minimum atomic E-state index is -0.284. The average molecular weight is 400 g/mol. The van der Waals surface area contributed by atoms with Crippen molar-refractivity contribution in [3.8, 4) is 17.2 Å². The Labute approximate surface area is 176 Å². The van der Waals surface area contributed by atoms with Crippen LogP contribution in [0.4, 0.5) is 0 Å². The van der Waals surface area contributed by atoms with Gasteiger partial charge in [-0.25, -0.2) is 0 Å². The fourth-order valence-corrected chi connectivity index (χ4v) is 4.99. The van der Waals surface area contributed by atoms with E-state index in [-0.39, 0.29) is 23.5 Å². The Morgan fingerprint density at radius 2 is 1.53 bits per heavy atom. The maximum atomic E-state index is 13.7. The highest BCUT2D eigenvalue weighted by Gasteiger charge is 2.43. The lowest BCUT2D eigenvalue weighted by Gasteiger charge is -2.36. The SMILES string of the molecule is COc1cc2c(cc1OC)[C@@H](C(=O)c1ccccc1)[C@@H]1COc3ccccc3[C@H]2C1. The first-order valence-corrected chi connectivity index (χ1v) is 10.3. The molecule has 0 radical (unpaired) electrons. The van der Waals surface area contributed by atoms with Crippen LogP contribution >= 0.6 is 0 Å². The van der Waals surface area contributed by atoms with Crippen molar-refractivity contribution in [2.75, 3.05) is 20.8 Å². The molecule has 152 valence electrons. The summed E-state index contributed by atoms with van der Waals surface area (Å²) in [4.78, 5) is 13.7. The molecule has 3 atom stereocenters. The molecule has 0 aromatic heterocycles. The second-order valence-corrected chi connectivity index (χ2v) is 7.94. The molecule has 1 aliphatic carbocycles. The lowest BCUT2D eigenvalue weighted by Crippen LogP contribution is -2.32. The maximum absolute atomic E-state index is 13.7. The van der Waals surface area contributed by atoms with Gasteiger partial charge in [-0.1, -0.05) is 48.5 Å². The molecular weight excluding hydrogens is 376 g/mol. The number of Topliss-reactive ketones (excluding diaryl/α,β-unsaturated/α-hetero) is 1. The molecule has 0 saturated heterocycles. The molecule has 0 N–H and O–H groups in total. The van der Waals surface area contributed by atoms with Crippen molar-refractivity contribution >= 4 is 5.78 Å². The molecule has 3 aromatic rings. The van der Waals surface area contributed by atoms with E-state index in [0.717, 1.165) is 28.9 Å². The van der Waals surface area contributed by atoms with Gasteiger partial charge in [-0.15, -0.1) is 0 Å². The first kappa shape index (κ1) is 18.7. The monoisotopic (exact) mass is 400 g/mol. The number of hydrogen-bond donors (Lipinski definition) is 0. The summed E-state index contributed by atoms with van der Waals surface area (Å²) < 4.78 is 17.4. The Hall–Kier alpha value is -3.27. The van der Waals surface area contributed by atoms with Gasteiger partial charge < -0.3 is 14.2 Å². The van der Waals surface area contributed by atoms with Crippen LogP contribution in [0.5, 0.6) is 17.2 Å². The molecule has 0 amide bonds. The third kappa shape index (κ3) is 2.95. The Morgan fingerprint density at radius 3 is 2.27 bits per heavy atom. The number of rotatable bonds is 4. The van der Waals surface area contributed by atoms with Crippen LogP contribution in [0.15, 0.2) is 66.7 Å². The summed E-state index contributed by atoms with van der Waals surface area (Å²) in [7, 11) is 3.28. The van der Waals surface area contributed by atoms with Gasteiger partial charge in [-0.2, -0.15) is 0 Å². The first-order chi connectivity index (χ1) is 14.7. The summed E-state index contributed by atoms with van der Waals surface area (Å²) in [5, 5.41) is 0.